The lowest BCUT2D eigenvalue weighted by Gasteiger charge is -2.25. The molecule has 0 aromatic heterocycles. The number of allylic oxidation sites excluding steroid dienone is 4. The van der Waals surface area contributed by atoms with Crippen LogP contribution in [0.15, 0.2) is 46.0 Å². The normalized spacial score (nSPS) is 15.6. The average molecular weight is 564 g/mol. The first kappa shape index (κ1) is 30.1. The van der Waals surface area contributed by atoms with Gasteiger partial charge in [0.15, 0.2) is 0 Å². The molecule has 186 valence electrons. The number of halogens is 1. The molecule has 1 aromatic carbocycles. The molecule has 2 heteroatoms. The van der Waals surface area contributed by atoms with E-state index in [4.69, 9.17) is 0 Å². The largest absolute Gasteiger partial charge is 0.297 e. The molecule has 0 N–H and O–H groups in total. The van der Waals surface area contributed by atoms with Crippen molar-refractivity contribution in [3.8, 4) is 0 Å². The predicted molar refractivity (Wildman–Crippen MR) is 159 cm³/mol. The van der Waals surface area contributed by atoms with Crippen molar-refractivity contribution >= 4 is 28.8 Å². The molecule has 0 aliphatic heterocycles. The Kier molecular flexibility index (Phi) is 13.8. The number of rotatable bonds is 13. The summed E-state index contributed by atoms with van der Waals surface area (Å²) in [6.45, 7) is 21.6. The van der Waals surface area contributed by atoms with Gasteiger partial charge in [-0.3, -0.25) is 4.99 Å². The lowest BCUT2D eigenvalue weighted by atomic mass is 9.80. The maximum absolute atomic E-state index is 4.40. The molecule has 0 saturated heterocycles. The first-order valence-electron chi connectivity index (χ1n) is 13.1. The average Bonchev–Trinajstić information content (AvgIpc) is 2.73. The molecule has 0 fully saturated rings. The molecular formula is C31H50IN. The van der Waals surface area contributed by atoms with E-state index < -0.39 is 0 Å². The third kappa shape index (κ3) is 11.9. The fourth-order valence-corrected chi connectivity index (χ4v) is 5.67. The van der Waals surface area contributed by atoms with E-state index in [1.165, 1.54) is 46.0 Å². The topological polar surface area (TPSA) is 12.4 Å². The van der Waals surface area contributed by atoms with Crippen molar-refractivity contribution in [3.05, 3.63) is 55.7 Å². The number of hydrogen-bond donors (Lipinski definition) is 0. The summed E-state index contributed by atoms with van der Waals surface area (Å²) in [7, 11) is 0. The summed E-state index contributed by atoms with van der Waals surface area (Å²) < 4.78 is 1.37. The van der Waals surface area contributed by atoms with Crippen molar-refractivity contribution in [2.24, 2.45) is 16.3 Å². The number of aryl methyl sites for hydroxylation is 1. The molecular weight excluding hydrogens is 513 g/mol. The second-order valence-electron chi connectivity index (χ2n) is 11.0. The summed E-state index contributed by atoms with van der Waals surface area (Å²) in [6, 6.07) is 7.24. The minimum absolute atomic E-state index is 0.390. The summed E-state index contributed by atoms with van der Waals surface area (Å²) >= 11 is 2.50. The molecule has 0 bridgehead atoms. The highest BCUT2D eigenvalue weighted by molar-refractivity contribution is 14.1. The van der Waals surface area contributed by atoms with Gasteiger partial charge < -0.3 is 0 Å². The zero-order chi connectivity index (χ0) is 25.0. The van der Waals surface area contributed by atoms with Crippen LogP contribution in [-0.2, 0) is 6.42 Å². The van der Waals surface area contributed by atoms with Crippen LogP contribution in [0.25, 0.3) is 0 Å². The predicted octanol–water partition coefficient (Wildman–Crippen LogP) is 10.3. The fraction of sp³-hybridized carbons (Fsp3) is 0.645. The summed E-state index contributed by atoms with van der Waals surface area (Å²) in [5.74, 6) is 1.22. The monoisotopic (exact) mass is 563 g/mol. The van der Waals surface area contributed by atoms with E-state index in [0.29, 0.717) is 17.3 Å². The van der Waals surface area contributed by atoms with Crippen LogP contribution >= 0.6 is 22.6 Å². The van der Waals surface area contributed by atoms with Crippen LogP contribution in [0, 0.1) is 14.9 Å². The molecule has 2 unspecified atom stereocenters. The van der Waals surface area contributed by atoms with E-state index in [-0.39, 0.29) is 0 Å². The Balaban J connectivity index is 2.83. The van der Waals surface area contributed by atoms with Crippen LogP contribution in [0.1, 0.15) is 118 Å². The van der Waals surface area contributed by atoms with Gasteiger partial charge in [-0.2, -0.15) is 0 Å². The van der Waals surface area contributed by atoms with Crippen molar-refractivity contribution in [2.45, 2.75) is 113 Å². The van der Waals surface area contributed by atoms with E-state index in [0.717, 1.165) is 25.8 Å². The van der Waals surface area contributed by atoms with E-state index >= 15 is 0 Å². The van der Waals surface area contributed by atoms with Gasteiger partial charge in [0.1, 0.15) is 0 Å². The van der Waals surface area contributed by atoms with Crippen molar-refractivity contribution in [2.75, 3.05) is 6.54 Å². The Bertz CT molecular complexity index is 807. The maximum atomic E-state index is 4.40. The van der Waals surface area contributed by atoms with Gasteiger partial charge in [0.2, 0.25) is 0 Å². The van der Waals surface area contributed by atoms with E-state index in [1.807, 2.05) is 0 Å². The summed E-state index contributed by atoms with van der Waals surface area (Å²) in [5, 5.41) is 0. The number of aliphatic imine (C=N–C) groups is 1. The van der Waals surface area contributed by atoms with E-state index in [1.54, 1.807) is 11.1 Å². The van der Waals surface area contributed by atoms with Crippen LogP contribution < -0.4 is 0 Å². The number of nitrogens with zero attached hydrogens (tertiary/aromatic N) is 1. The van der Waals surface area contributed by atoms with E-state index in [9.17, 15) is 0 Å². The molecule has 0 saturated carbocycles. The Morgan fingerprint density at radius 3 is 2.39 bits per heavy atom. The minimum Gasteiger partial charge on any atom is -0.297 e. The maximum Gasteiger partial charge on any atom is 0.0357 e. The van der Waals surface area contributed by atoms with Gasteiger partial charge in [-0.1, -0.05) is 70.4 Å². The van der Waals surface area contributed by atoms with Crippen LogP contribution in [0.4, 0.5) is 0 Å². The molecule has 0 amide bonds. The Morgan fingerprint density at radius 2 is 1.82 bits per heavy atom. The summed E-state index contributed by atoms with van der Waals surface area (Å²) in [6.07, 6.45) is 12.6. The molecule has 0 aliphatic carbocycles. The fourth-order valence-electron chi connectivity index (χ4n) is 4.91. The molecule has 33 heavy (non-hydrogen) atoms. The first-order valence-corrected chi connectivity index (χ1v) is 14.2. The summed E-state index contributed by atoms with van der Waals surface area (Å²) in [4.78, 5) is 4.40. The Morgan fingerprint density at radius 1 is 1.12 bits per heavy atom. The van der Waals surface area contributed by atoms with Gasteiger partial charge in [0.25, 0.3) is 0 Å². The van der Waals surface area contributed by atoms with Gasteiger partial charge in [0, 0.05) is 22.8 Å². The second-order valence-corrected chi connectivity index (χ2v) is 12.2. The first-order chi connectivity index (χ1) is 15.5. The van der Waals surface area contributed by atoms with Crippen molar-refractivity contribution in [3.63, 3.8) is 0 Å². The SMILES string of the molecule is C/C=C(/CCCc1cc(I)cc(C(C)C/C(CC)=C(/C)C/C=N\CC)c1)C(C)CC(C)(C)C. The molecule has 1 rings (SSSR count). The zero-order valence-electron chi connectivity index (χ0n) is 23.0. The second kappa shape index (κ2) is 15.2. The summed E-state index contributed by atoms with van der Waals surface area (Å²) in [5.41, 5.74) is 8.10. The number of hydrogen-bond acceptors (Lipinski definition) is 1. The molecule has 1 aromatic rings. The zero-order valence-corrected chi connectivity index (χ0v) is 25.2. The van der Waals surface area contributed by atoms with Gasteiger partial charge in [-0.15, -0.1) is 0 Å². The third-order valence-electron chi connectivity index (χ3n) is 6.69. The van der Waals surface area contributed by atoms with Crippen molar-refractivity contribution in [1.82, 2.24) is 0 Å². The Hall–Kier alpha value is -0.900. The molecule has 0 heterocycles. The lowest BCUT2D eigenvalue weighted by molar-refractivity contribution is 0.325. The van der Waals surface area contributed by atoms with Gasteiger partial charge in [-0.05, 0) is 122 Å². The van der Waals surface area contributed by atoms with E-state index in [2.05, 4.69) is 120 Å². The van der Waals surface area contributed by atoms with Gasteiger partial charge in [0.05, 0.1) is 0 Å². The standard InChI is InChI=1S/C31H50IN/c1-10-27(25(6)22-31(7,8)9)15-13-14-26-19-29(21-30(32)20-26)24(5)18-28(11-2)23(4)16-17-33-12-3/h10,17,19-21,24-25H,11-16,18,22H2,1-9H3/b27-10-,28-23-,33-17-. The van der Waals surface area contributed by atoms with Crippen molar-refractivity contribution in [1.29, 1.82) is 0 Å². The highest BCUT2D eigenvalue weighted by atomic mass is 127. The van der Waals surface area contributed by atoms with Crippen LogP contribution in [0.2, 0.25) is 0 Å². The molecule has 0 spiro atoms. The van der Waals surface area contributed by atoms with Crippen LogP contribution in [-0.4, -0.2) is 12.8 Å². The van der Waals surface area contributed by atoms with Crippen LogP contribution in [0.3, 0.4) is 0 Å². The highest BCUT2D eigenvalue weighted by Crippen LogP contribution is 2.32. The molecule has 1 nitrogen and oxygen atoms in total. The van der Waals surface area contributed by atoms with Gasteiger partial charge >= 0.3 is 0 Å². The molecule has 0 radical (unpaired) electrons. The third-order valence-corrected chi connectivity index (χ3v) is 7.32. The molecule has 2 atom stereocenters. The van der Waals surface area contributed by atoms with Crippen LogP contribution in [0.5, 0.6) is 0 Å². The quantitative estimate of drug-likeness (QED) is 0.129. The smallest absolute Gasteiger partial charge is 0.0357 e. The minimum atomic E-state index is 0.390. The molecule has 0 aliphatic rings. The Labute approximate surface area is 219 Å². The lowest BCUT2D eigenvalue weighted by Crippen LogP contribution is -2.13. The highest BCUT2D eigenvalue weighted by Gasteiger charge is 2.18. The van der Waals surface area contributed by atoms with Crippen molar-refractivity contribution < 1.29 is 0 Å². The van der Waals surface area contributed by atoms with Gasteiger partial charge in [-0.25, -0.2) is 0 Å². The number of benzene rings is 1.